The first kappa shape index (κ1) is 14.5. The molecule has 3 aromatic rings. The van der Waals surface area contributed by atoms with Gasteiger partial charge in [0, 0.05) is 22.0 Å². The van der Waals surface area contributed by atoms with Gasteiger partial charge in [-0.3, -0.25) is 0 Å². The van der Waals surface area contributed by atoms with E-state index in [0.717, 1.165) is 15.8 Å². The average molecular weight is 359 g/mol. The highest BCUT2D eigenvalue weighted by Gasteiger charge is 2.01. The van der Waals surface area contributed by atoms with Crippen molar-refractivity contribution in [3.8, 4) is 0 Å². The molecule has 0 aliphatic heterocycles. The molecule has 0 atom stereocenters. The van der Waals surface area contributed by atoms with Crippen LogP contribution in [0.15, 0.2) is 65.3 Å². The van der Waals surface area contributed by atoms with Crippen LogP contribution in [0.4, 0.5) is 27.5 Å². The summed E-state index contributed by atoms with van der Waals surface area (Å²) in [6.07, 6.45) is 1.65. The van der Waals surface area contributed by atoms with Gasteiger partial charge in [0.15, 0.2) is 0 Å². The summed E-state index contributed by atoms with van der Waals surface area (Å²) in [6, 6.07) is 15.6. The first-order chi connectivity index (χ1) is 10.7. The molecule has 0 fully saturated rings. The molecule has 110 valence electrons. The zero-order chi connectivity index (χ0) is 15.4. The van der Waals surface area contributed by atoms with E-state index in [2.05, 4.69) is 36.5 Å². The Morgan fingerprint density at radius 2 is 1.73 bits per heavy atom. The number of anilines is 4. The van der Waals surface area contributed by atoms with Gasteiger partial charge in [-0.25, -0.2) is 9.37 Å². The largest absolute Gasteiger partial charge is 0.340 e. The molecule has 0 unspecified atom stereocenters. The molecule has 0 bridgehead atoms. The minimum Gasteiger partial charge on any atom is -0.340 e. The van der Waals surface area contributed by atoms with Crippen LogP contribution in [0.25, 0.3) is 0 Å². The maximum atomic E-state index is 12.9. The minimum absolute atomic E-state index is 0.281. The number of hydrogen-bond donors (Lipinski definition) is 2. The van der Waals surface area contributed by atoms with Crippen molar-refractivity contribution in [2.75, 3.05) is 10.6 Å². The number of benzene rings is 2. The van der Waals surface area contributed by atoms with E-state index in [1.165, 1.54) is 12.1 Å². The molecule has 0 aliphatic carbocycles. The molecule has 0 amide bonds. The summed E-state index contributed by atoms with van der Waals surface area (Å²) in [5.41, 5.74) is 1.64. The summed E-state index contributed by atoms with van der Waals surface area (Å²) in [5.74, 6) is 0.820. The first-order valence-corrected chi connectivity index (χ1v) is 7.36. The zero-order valence-corrected chi connectivity index (χ0v) is 13.0. The third-order valence-corrected chi connectivity index (χ3v) is 3.35. The van der Waals surface area contributed by atoms with Crippen LogP contribution in [0.5, 0.6) is 0 Å². The molecule has 1 aromatic heterocycles. The maximum absolute atomic E-state index is 12.9. The number of nitrogens with zero attached hydrogens (tertiary/aromatic N) is 2. The van der Waals surface area contributed by atoms with Gasteiger partial charge in [0.1, 0.15) is 11.6 Å². The van der Waals surface area contributed by atoms with Crippen molar-refractivity contribution in [3.05, 3.63) is 71.1 Å². The highest BCUT2D eigenvalue weighted by molar-refractivity contribution is 9.10. The lowest BCUT2D eigenvalue weighted by Gasteiger charge is -2.08. The van der Waals surface area contributed by atoms with Crippen LogP contribution in [-0.2, 0) is 0 Å². The van der Waals surface area contributed by atoms with Gasteiger partial charge in [-0.15, -0.1) is 0 Å². The topological polar surface area (TPSA) is 49.8 Å². The molecule has 0 aliphatic rings. The number of rotatable bonds is 4. The molecule has 4 nitrogen and oxygen atoms in total. The molecule has 2 aromatic carbocycles. The van der Waals surface area contributed by atoms with E-state index >= 15 is 0 Å². The van der Waals surface area contributed by atoms with Crippen molar-refractivity contribution in [1.82, 2.24) is 9.97 Å². The van der Waals surface area contributed by atoms with Crippen LogP contribution in [0.3, 0.4) is 0 Å². The summed E-state index contributed by atoms with van der Waals surface area (Å²) < 4.78 is 13.9. The smallest absolute Gasteiger partial charge is 0.229 e. The van der Waals surface area contributed by atoms with Gasteiger partial charge in [0.05, 0.1) is 0 Å². The Morgan fingerprint density at radius 3 is 2.50 bits per heavy atom. The van der Waals surface area contributed by atoms with Crippen molar-refractivity contribution in [1.29, 1.82) is 0 Å². The number of hydrogen-bond acceptors (Lipinski definition) is 4. The van der Waals surface area contributed by atoms with Crippen LogP contribution >= 0.6 is 15.9 Å². The summed E-state index contributed by atoms with van der Waals surface area (Å²) in [6.45, 7) is 0. The van der Waals surface area contributed by atoms with E-state index in [-0.39, 0.29) is 5.82 Å². The van der Waals surface area contributed by atoms with E-state index in [4.69, 9.17) is 0 Å². The van der Waals surface area contributed by atoms with Gasteiger partial charge in [0.25, 0.3) is 0 Å². The number of halogens is 2. The van der Waals surface area contributed by atoms with Crippen molar-refractivity contribution < 1.29 is 4.39 Å². The van der Waals surface area contributed by atoms with Crippen LogP contribution < -0.4 is 10.6 Å². The monoisotopic (exact) mass is 358 g/mol. The molecule has 3 rings (SSSR count). The Kier molecular flexibility index (Phi) is 4.29. The fraction of sp³-hybridized carbons (Fsp3) is 0. The van der Waals surface area contributed by atoms with Crippen LogP contribution in [0.1, 0.15) is 0 Å². The van der Waals surface area contributed by atoms with Crippen LogP contribution in [0.2, 0.25) is 0 Å². The van der Waals surface area contributed by atoms with Crippen LogP contribution in [-0.4, -0.2) is 9.97 Å². The Bertz CT molecular complexity index is 777. The van der Waals surface area contributed by atoms with E-state index in [1.807, 2.05) is 24.3 Å². The normalized spacial score (nSPS) is 10.3. The van der Waals surface area contributed by atoms with E-state index < -0.39 is 0 Å². The molecule has 0 saturated heterocycles. The molecule has 2 N–H and O–H groups in total. The van der Waals surface area contributed by atoms with Crippen molar-refractivity contribution >= 4 is 39.1 Å². The molecule has 0 radical (unpaired) electrons. The predicted molar refractivity (Wildman–Crippen MR) is 89.1 cm³/mol. The third kappa shape index (κ3) is 3.79. The lowest BCUT2D eigenvalue weighted by atomic mass is 10.3. The third-order valence-electron chi connectivity index (χ3n) is 2.85. The Morgan fingerprint density at radius 1 is 0.909 bits per heavy atom. The fourth-order valence-corrected chi connectivity index (χ4v) is 2.26. The van der Waals surface area contributed by atoms with E-state index in [1.54, 1.807) is 24.4 Å². The zero-order valence-electron chi connectivity index (χ0n) is 11.4. The lowest BCUT2D eigenvalue weighted by molar-refractivity contribution is 0.628. The second kappa shape index (κ2) is 6.53. The summed E-state index contributed by atoms with van der Waals surface area (Å²) in [5, 5.41) is 6.23. The van der Waals surface area contributed by atoms with Crippen molar-refractivity contribution in [2.24, 2.45) is 0 Å². The van der Waals surface area contributed by atoms with Crippen molar-refractivity contribution in [2.45, 2.75) is 0 Å². The molecular formula is C16H12BrFN4. The highest BCUT2D eigenvalue weighted by atomic mass is 79.9. The Hall–Kier alpha value is -2.47. The second-order valence-corrected chi connectivity index (χ2v) is 5.45. The summed E-state index contributed by atoms with van der Waals surface area (Å²) in [7, 11) is 0. The molecule has 6 heteroatoms. The highest BCUT2D eigenvalue weighted by Crippen LogP contribution is 2.20. The number of aromatic nitrogens is 2. The second-order valence-electron chi connectivity index (χ2n) is 4.53. The standard InChI is InChI=1S/C16H12BrFN4/c17-11-2-1-3-14(10-11)20-15-8-9-19-16(22-15)21-13-6-4-12(18)5-7-13/h1-10H,(H2,19,20,21,22). The lowest BCUT2D eigenvalue weighted by Crippen LogP contribution is -2.00. The van der Waals surface area contributed by atoms with Gasteiger partial charge >= 0.3 is 0 Å². The van der Waals surface area contributed by atoms with Gasteiger partial charge in [-0.1, -0.05) is 22.0 Å². The average Bonchev–Trinajstić information content (AvgIpc) is 2.50. The molecular weight excluding hydrogens is 347 g/mol. The Balaban J connectivity index is 1.76. The van der Waals surface area contributed by atoms with Crippen LogP contribution in [0, 0.1) is 5.82 Å². The quantitative estimate of drug-likeness (QED) is 0.698. The Labute approximate surface area is 135 Å². The molecule has 0 saturated carbocycles. The fourth-order valence-electron chi connectivity index (χ4n) is 1.86. The maximum Gasteiger partial charge on any atom is 0.229 e. The number of nitrogens with one attached hydrogen (secondary N) is 2. The molecule has 0 spiro atoms. The minimum atomic E-state index is -0.281. The van der Waals surface area contributed by atoms with Gasteiger partial charge in [0.2, 0.25) is 5.95 Å². The summed E-state index contributed by atoms with van der Waals surface area (Å²) >= 11 is 3.42. The molecule has 1 heterocycles. The van der Waals surface area contributed by atoms with Gasteiger partial charge < -0.3 is 10.6 Å². The predicted octanol–water partition coefficient (Wildman–Crippen LogP) is 4.87. The van der Waals surface area contributed by atoms with Gasteiger partial charge in [-0.05, 0) is 48.5 Å². The summed E-state index contributed by atoms with van der Waals surface area (Å²) in [4.78, 5) is 8.52. The van der Waals surface area contributed by atoms with E-state index in [9.17, 15) is 4.39 Å². The first-order valence-electron chi connectivity index (χ1n) is 6.57. The van der Waals surface area contributed by atoms with E-state index in [0.29, 0.717) is 11.8 Å². The SMILES string of the molecule is Fc1ccc(Nc2nccc(Nc3cccc(Br)c3)n2)cc1. The van der Waals surface area contributed by atoms with Gasteiger partial charge in [-0.2, -0.15) is 4.98 Å². The van der Waals surface area contributed by atoms with Crippen molar-refractivity contribution in [3.63, 3.8) is 0 Å². The molecule has 22 heavy (non-hydrogen) atoms.